The van der Waals surface area contributed by atoms with E-state index in [-0.39, 0.29) is 23.9 Å². The lowest BCUT2D eigenvalue weighted by atomic mass is 10.2. The molecule has 2 aromatic carbocycles. The van der Waals surface area contributed by atoms with Gasteiger partial charge in [-0.25, -0.2) is 9.67 Å². The number of fused-ring (bicyclic) bond motifs is 1. The number of rotatable bonds is 6. The van der Waals surface area contributed by atoms with Crippen molar-refractivity contribution >= 4 is 22.5 Å². The standard InChI is InChI=1S/C25H25N5O2/c1-16-24(17(2)30(28-16)19-8-4-3-5-9-19)27-23(31)15-14-22-26-21-11-7-6-10-20(21)25(32)29(22)18-12-13-18/h3-11,18H,12-15H2,1-2H3,(H,27,31). The SMILES string of the molecule is Cc1nn(-c2ccccc2)c(C)c1NC(=O)CCc1nc2ccccc2c(=O)n1C1CC1. The number of carbonyl (C=O) groups excluding carboxylic acids is 1. The normalized spacial score (nSPS) is 13.4. The maximum absolute atomic E-state index is 13.0. The smallest absolute Gasteiger partial charge is 0.261 e. The fourth-order valence-electron chi connectivity index (χ4n) is 4.15. The maximum atomic E-state index is 13.0. The van der Waals surface area contributed by atoms with Crippen molar-refractivity contribution in [1.82, 2.24) is 19.3 Å². The molecule has 7 nitrogen and oxygen atoms in total. The minimum atomic E-state index is -0.117. The Morgan fingerprint density at radius 2 is 1.78 bits per heavy atom. The molecule has 1 fully saturated rings. The number of hydrogen-bond acceptors (Lipinski definition) is 4. The summed E-state index contributed by atoms with van der Waals surface area (Å²) in [4.78, 5) is 30.5. The van der Waals surface area contributed by atoms with E-state index in [9.17, 15) is 9.59 Å². The Labute approximate surface area is 185 Å². The molecule has 1 N–H and O–H groups in total. The summed E-state index contributed by atoms with van der Waals surface area (Å²) in [5, 5.41) is 8.24. The van der Waals surface area contributed by atoms with Crippen molar-refractivity contribution in [2.45, 2.75) is 45.6 Å². The summed E-state index contributed by atoms with van der Waals surface area (Å²) in [5.74, 6) is 0.563. The van der Waals surface area contributed by atoms with Crippen LogP contribution < -0.4 is 10.9 Å². The predicted octanol–water partition coefficient (Wildman–Crippen LogP) is 4.11. The van der Waals surface area contributed by atoms with Crippen molar-refractivity contribution in [3.05, 3.63) is 82.2 Å². The highest BCUT2D eigenvalue weighted by Gasteiger charge is 2.28. The van der Waals surface area contributed by atoms with E-state index in [4.69, 9.17) is 4.98 Å². The molecule has 4 aromatic rings. The second kappa shape index (κ2) is 8.07. The molecule has 1 aliphatic carbocycles. The maximum Gasteiger partial charge on any atom is 0.261 e. The topological polar surface area (TPSA) is 81.8 Å². The molecule has 0 aliphatic heterocycles. The molecule has 0 radical (unpaired) electrons. The second-order valence-electron chi connectivity index (χ2n) is 8.29. The van der Waals surface area contributed by atoms with Gasteiger partial charge >= 0.3 is 0 Å². The number of hydrogen-bond donors (Lipinski definition) is 1. The lowest BCUT2D eigenvalue weighted by Gasteiger charge is -2.13. The van der Waals surface area contributed by atoms with Crippen LogP contribution in [-0.2, 0) is 11.2 Å². The van der Waals surface area contributed by atoms with Crippen LogP contribution in [0.3, 0.4) is 0 Å². The van der Waals surface area contributed by atoms with Crippen LogP contribution in [-0.4, -0.2) is 25.2 Å². The highest BCUT2D eigenvalue weighted by molar-refractivity contribution is 5.92. The zero-order chi connectivity index (χ0) is 22.2. The molecule has 0 bridgehead atoms. The van der Waals surface area contributed by atoms with E-state index in [0.717, 1.165) is 35.6 Å². The average Bonchev–Trinajstić information content (AvgIpc) is 3.60. The van der Waals surface area contributed by atoms with Gasteiger partial charge in [-0.2, -0.15) is 5.10 Å². The van der Waals surface area contributed by atoms with Crippen LogP contribution in [0.2, 0.25) is 0 Å². The minimum absolute atomic E-state index is 0.00988. The number of benzene rings is 2. The van der Waals surface area contributed by atoms with Crippen LogP contribution in [0, 0.1) is 13.8 Å². The molecule has 7 heteroatoms. The average molecular weight is 428 g/mol. The molecule has 0 spiro atoms. The van der Waals surface area contributed by atoms with Gasteiger partial charge in [-0.15, -0.1) is 0 Å². The van der Waals surface area contributed by atoms with Gasteiger partial charge in [0, 0.05) is 18.9 Å². The number of para-hydroxylation sites is 2. The number of nitrogens with zero attached hydrogens (tertiary/aromatic N) is 4. The van der Waals surface area contributed by atoms with Crippen molar-refractivity contribution in [1.29, 1.82) is 0 Å². The summed E-state index contributed by atoms with van der Waals surface area (Å²) in [7, 11) is 0. The molecule has 1 saturated carbocycles. The summed E-state index contributed by atoms with van der Waals surface area (Å²) in [6.45, 7) is 3.83. The van der Waals surface area contributed by atoms with Gasteiger partial charge in [0.05, 0.1) is 33.7 Å². The molecule has 1 amide bonds. The van der Waals surface area contributed by atoms with Crippen molar-refractivity contribution in [3.63, 3.8) is 0 Å². The largest absolute Gasteiger partial charge is 0.323 e. The Hall–Kier alpha value is -3.74. The molecule has 1 aliphatic rings. The fraction of sp³-hybridized carbons (Fsp3) is 0.280. The Morgan fingerprint density at radius 1 is 1.06 bits per heavy atom. The summed E-state index contributed by atoms with van der Waals surface area (Å²) in [6, 6.07) is 17.4. The third-order valence-corrected chi connectivity index (χ3v) is 5.93. The molecule has 0 unspecified atom stereocenters. The number of nitrogens with one attached hydrogen (secondary N) is 1. The Balaban J connectivity index is 1.36. The van der Waals surface area contributed by atoms with Crippen LogP contribution in [0.15, 0.2) is 59.4 Å². The van der Waals surface area contributed by atoms with Gasteiger partial charge in [-0.3, -0.25) is 14.2 Å². The van der Waals surface area contributed by atoms with Crippen molar-refractivity contribution in [2.75, 3.05) is 5.32 Å². The Kier molecular flexibility index (Phi) is 5.09. The highest BCUT2D eigenvalue weighted by Crippen LogP contribution is 2.35. The zero-order valence-corrected chi connectivity index (χ0v) is 18.2. The van der Waals surface area contributed by atoms with Gasteiger partial charge in [-0.1, -0.05) is 30.3 Å². The molecule has 2 aromatic heterocycles. The summed E-state index contributed by atoms with van der Waals surface area (Å²) < 4.78 is 3.63. The summed E-state index contributed by atoms with van der Waals surface area (Å²) in [6.07, 6.45) is 2.62. The second-order valence-corrected chi connectivity index (χ2v) is 8.29. The highest BCUT2D eigenvalue weighted by atomic mass is 16.1. The molecular weight excluding hydrogens is 402 g/mol. The number of carbonyl (C=O) groups is 1. The molecule has 2 heterocycles. The van der Waals surface area contributed by atoms with E-state index in [1.54, 1.807) is 4.57 Å². The van der Waals surface area contributed by atoms with Crippen LogP contribution in [0.5, 0.6) is 0 Å². The van der Waals surface area contributed by atoms with Gasteiger partial charge in [0.25, 0.3) is 5.56 Å². The van der Waals surface area contributed by atoms with Crippen molar-refractivity contribution in [3.8, 4) is 5.69 Å². The van der Waals surface area contributed by atoms with E-state index >= 15 is 0 Å². The van der Waals surface area contributed by atoms with Gasteiger partial charge < -0.3 is 5.32 Å². The number of amides is 1. The summed E-state index contributed by atoms with van der Waals surface area (Å²) in [5.41, 5.74) is 3.98. The predicted molar refractivity (Wildman–Crippen MR) is 124 cm³/mol. The first-order valence-corrected chi connectivity index (χ1v) is 10.9. The number of aromatic nitrogens is 4. The first-order valence-electron chi connectivity index (χ1n) is 10.9. The summed E-state index contributed by atoms with van der Waals surface area (Å²) >= 11 is 0. The van der Waals surface area contributed by atoms with E-state index in [0.29, 0.717) is 23.1 Å². The minimum Gasteiger partial charge on any atom is -0.323 e. The van der Waals surface area contributed by atoms with E-state index < -0.39 is 0 Å². The Bertz CT molecular complexity index is 1370. The van der Waals surface area contributed by atoms with Crippen molar-refractivity contribution in [2.24, 2.45) is 0 Å². The first kappa shape index (κ1) is 20.2. The van der Waals surface area contributed by atoms with Gasteiger partial charge in [0.15, 0.2) is 0 Å². The third-order valence-electron chi connectivity index (χ3n) is 5.93. The Morgan fingerprint density at radius 3 is 2.53 bits per heavy atom. The molecular formula is C25H25N5O2. The third kappa shape index (κ3) is 3.70. The molecule has 5 rings (SSSR count). The van der Waals surface area contributed by atoms with Crippen LogP contribution in [0.4, 0.5) is 5.69 Å². The monoisotopic (exact) mass is 427 g/mol. The lowest BCUT2D eigenvalue weighted by molar-refractivity contribution is -0.116. The van der Waals surface area contributed by atoms with Gasteiger partial charge in [-0.05, 0) is 51.0 Å². The molecule has 0 atom stereocenters. The lowest BCUT2D eigenvalue weighted by Crippen LogP contribution is -2.25. The van der Waals surface area contributed by atoms with Crippen LogP contribution in [0.25, 0.3) is 16.6 Å². The van der Waals surface area contributed by atoms with Crippen molar-refractivity contribution < 1.29 is 4.79 Å². The zero-order valence-electron chi connectivity index (χ0n) is 18.2. The first-order chi connectivity index (χ1) is 15.5. The number of anilines is 1. The van der Waals surface area contributed by atoms with E-state index in [1.807, 2.05) is 73.1 Å². The molecule has 32 heavy (non-hydrogen) atoms. The molecule has 0 saturated heterocycles. The van der Waals surface area contributed by atoms with Crippen LogP contribution >= 0.6 is 0 Å². The number of aryl methyl sites for hydroxylation is 2. The fourth-order valence-corrected chi connectivity index (χ4v) is 4.15. The van der Waals surface area contributed by atoms with E-state index in [2.05, 4.69) is 10.4 Å². The quantitative estimate of drug-likeness (QED) is 0.502. The van der Waals surface area contributed by atoms with E-state index in [1.165, 1.54) is 0 Å². The molecule has 162 valence electrons. The van der Waals surface area contributed by atoms with Gasteiger partial charge in [0.1, 0.15) is 5.82 Å². The van der Waals surface area contributed by atoms with Gasteiger partial charge in [0.2, 0.25) is 5.91 Å². The van der Waals surface area contributed by atoms with Crippen LogP contribution in [0.1, 0.15) is 42.5 Å².